The predicted octanol–water partition coefficient (Wildman–Crippen LogP) is 0.918. The first-order chi connectivity index (χ1) is 10.7. The zero-order chi connectivity index (χ0) is 15.4. The van der Waals surface area contributed by atoms with Gasteiger partial charge in [0, 0.05) is 12.7 Å². The molecular weight excluding hydrogens is 289 g/mol. The summed E-state index contributed by atoms with van der Waals surface area (Å²) in [5.74, 6) is -0.0474. The number of aromatic amines is 1. The smallest absolute Gasteiger partial charge is 0.226 e. The Bertz CT molecular complexity index is 634. The fourth-order valence-corrected chi connectivity index (χ4v) is 2.42. The summed E-state index contributed by atoms with van der Waals surface area (Å²) in [6.45, 7) is 0.387. The topological polar surface area (TPSA) is 92.8 Å². The quantitative estimate of drug-likeness (QED) is 0.857. The lowest BCUT2D eigenvalue weighted by Crippen LogP contribution is -2.33. The van der Waals surface area contributed by atoms with E-state index in [0.29, 0.717) is 12.4 Å². The van der Waals surface area contributed by atoms with Crippen molar-refractivity contribution in [3.05, 3.63) is 42.0 Å². The summed E-state index contributed by atoms with van der Waals surface area (Å²) < 4.78 is 19.2. The van der Waals surface area contributed by atoms with Crippen molar-refractivity contribution in [3.8, 4) is 0 Å². The maximum atomic E-state index is 13.4. The van der Waals surface area contributed by atoms with Crippen LogP contribution in [0.2, 0.25) is 0 Å². The molecule has 1 amide bonds. The van der Waals surface area contributed by atoms with Crippen LogP contribution in [0.1, 0.15) is 30.5 Å². The van der Waals surface area contributed by atoms with Gasteiger partial charge in [-0.15, -0.1) is 0 Å². The van der Waals surface area contributed by atoms with Gasteiger partial charge in [0.1, 0.15) is 18.2 Å². The average Bonchev–Trinajstić information content (AvgIpc) is 3.18. The van der Waals surface area contributed by atoms with Crippen LogP contribution in [-0.4, -0.2) is 38.7 Å². The summed E-state index contributed by atoms with van der Waals surface area (Å²) in [5, 5.41) is 9.32. The van der Waals surface area contributed by atoms with Crippen molar-refractivity contribution in [2.24, 2.45) is 0 Å². The lowest BCUT2D eigenvalue weighted by Gasteiger charge is -2.13. The fraction of sp³-hybridized carbons (Fsp3) is 0.429. The Kier molecular flexibility index (Phi) is 4.38. The van der Waals surface area contributed by atoms with Gasteiger partial charge in [-0.3, -0.25) is 14.9 Å². The van der Waals surface area contributed by atoms with Crippen LogP contribution in [0.4, 0.5) is 4.39 Å². The largest absolute Gasteiger partial charge is 0.365 e. The van der Waals surface area contributed by atoms with Crippen LogP contribution in [-0.2, 0) is 16.0 Å². The number of H-pyrrole nitrogens is 1. The molecule has 22 heavy (non-hydrogen) atoms. The van der Waals surface area contributed by atoms with E-state index in [1.807, 2.05) is 0 Å². The number of hydrogen-bond acceptors (Lipinski definition) is 5. The predicted molar refractivity (Wildman–Crippen MR) is 74.1 cm³/mol. The molecule has 3 rings (SSSR count). The van der Waals surface area contributed by atoms with Crippen molar-refractivity contribution in [2.75, 3.05) is 6.54 Å². The van der Waals surface area contributed by atoms with Gasteiger partial charge in [0.05, 0.1) is 18.2 Å². The number of rotatable bonds is 5. The Morgan fingerprint density at radius 2 is 2.36 bits per heavy atom. The summed E-state index contributed by atoms with van der Waals surface area (Å²) in [4.78, 5) is 19.8. The van der Waals surface area contributed by atoms with Crippen LogP contribution >= 0.6 is 0 Å². The third-order valence-corrected chi connectivity index (χ3v) is 3.54. The van der Waals surface area contributed by atoms with E-state index in [9.17, 15) is 9.18 Å². The van der Waals surface area contributed by atoms with Crippen LogP contribution < -0.4 is 5.32 Å². The highest BCUT2D eigenvalue weighted by atomic mass is 19.1. The minimum atomic E-state index is -0.472. The van der Waals surface area contributed by atoms with Gasteiger partial charge in [-0.1, -0.05) is 0 Å². The number of carbonyl (C=O) groups is 1. The standard InChI is InChI=1S/C14H16FN5O2/c15-10-2-1-5-16-11(10)6-13(21)17-7-9-3-4-12(22-9)14-18-8-19-20-14/h1-2,5,8-9,12H,3-4,6-7H2,(H,17,21)(H,18,19,20)/t9-,12+/m1/s1. The van der Waals surface area contributed by atoms with E-state index < -0.39 is 5.82 Å². The molecule has 2 N–H and O–H groups in total. The van der Waals surface area contributed by atoms with Gasteiger partial charge in [0.25, 0.3) is 0 Å². The zero-order valence-corrected chi connectivity index (χ0v) is 11.8. The first-order valence-electron chi connectivity index (χ1n) is 7.09. The number of halogens is 1. The highest BCUT2D eigenvalue weighted by molar-refractivity contribution is 5.78. The van der Waals surface area contributed by atoms with E-state index >= 15 is 0 Å². The molecule has 0 radical (unpaired) electrons. The second-order valence-corrected chi connectivity index (χ2v) is 5.11. The molecule has 2 aromatic rings. The molecule has 1 saturated heterocycles. The van der Waals surface area contributed by atoms with E-state index in [0.717, 1.165) is 12.8 Å². The number of aromatic nitrogens is 4. The van der Waals surface area contributed by atoms with E-state index in [-0.39, 0.29) is 30.2 Å². The minimum Gasteiger partial charge on any atom is -0.365 e. The molecule has 3 heterocycles. The summed E-state index contributed by atoms with van der Waals surface area (Å²) in [6.07, 6.45) is 4.28. The van der Waals surface area contributed by atoms with Crippen molar-refractivity contribution in [2.45, 2.75) is 31.5 Å². The van der Waals surface area contributed by atoms with Crippen molar-refractivity contribution in [1.82, 2.24) is 25.5 Å². The van der Waals surface area contributed by atoms with Gasteiger partial charge in [-0.2, -0.15) is 5.10 Å². The number of nitrogens with one attached hydrogen (secondary N) is 2. The SMILES string of the molecule is O=C(Cc1ncccc1F)NC[C@H]1CC[C@@H](c2ncn[nH]2)O1. The van der Waals surface area contributed by atoms with E-state index in [4.69, 9.17) is 4.74 Å². The molecule has 116 valence electrons. The lowest BCUT2D eigenvalue weighted by atomic mass is 10.2. The summed E-state index contributed by atoms with van der Waals surface area (Å²) in [6, 6.07) is 2.78. The molecule has 0 bridgehead atoms. The normalized spacial score (nSPS) is 21.0. The Morgan fingerprint density at radius 3 is 3.14 bits per heavy atom. The number of nitrogens with zero attached hydrogens (tertiary/aromatic N) is 3. The zero-order valence-electron chi connectivity index (χ0n) is 11.8. The highest BCUT2D eigenvalue weighted by Crippen LogP contribution is 2.29. The number of carbonyl (C=O) groups excluding carboxylic acids is 1. The number of ether oxygens (including phenoxy) is 1. The Hall–Kier alpha value is -2.35. The van der Waals surface area contributed by atoms with Crippen LogP contribution in [0.15, 0.2) is 24.7 Å². The van der Waals surface area contributed by atoms with E-state index in [1.165, 1.54) is 24.7 Å². The summed E-state index contributed by atoms with van der Waals surface area (Å²) >= 11 is 0. The minimum absolute atomic E-state index is 0.0763. The monoisotopic (exact) mass is 305 g/mol. The molecule has 2 atom stereocenters. The van der Waals surface area contributed by atoms with Crippen LogP contribution in [0.5, 0.6) is 0 Å². The second kappa shape index (κ2) is 6.61. The molecule has 0 spiro atoms. The molecule has 8 heteroatoms. The molecule has 0 aromatic carbocycles. The maximum absolute atomic E-state index is 13.4. The van der Waals surface area contributed by atoms with Gasteiger partial charge < -0.3 is 10.1 Å². The molecule has 0 aliphatic carbocycles. The molecule has 2 aromatic heterocycles. The third kappa shape index (κ3) is 3.45. The molecular formula is C14H16FN5O2. The van der Waals surface area contributed by atoms with Gasteiger partial charge in [0.15, 0.2) is 5.82 Å². The van der Waals surface area contributed by atoms with E-state index in [2.05, 4.69) is 25.5 Å². The highest BCUT2D eigenvalue weighted by Gasteiger charge is 2.28. The van der Waals surface area contributed by atoms with Gasteiger partial charge >= 0.3 is 0 Å². The number of amides is 1. The molecule has 0 saturated carbocycles. The Morgan fingerprint density at radius 1 is 1.45 bits per heavy atom. The first kappa shape index (κ1) is 14.6. The number of hydrogen-bond donors (Lipinski definition) is 2. The van der Waals surface area contributed by atoms with Gasteiger partial charge in [-0.05, 0) is 25.0 Å². The van der Waals surface area contributed by atoms with Gasteiger partial charge in [-0.25, -0.2) is 9.37 Å². The molecule has 0 unspecified atom stereocenters. The van der Waals surface area contributed by atoms with Crippen molar-refractivity contribution in [3.63, 3.8) is 0 Å². The Labute approximate surface area is 126 Å². The second-order valence-electron chi connectivity index (χ2n) is 5.11. The molecule has 1 aliphatic rings. The van der Waals surface area contributed by atoms with Gasteiger partial charge in [0.2, 0.25) is 5.91 Å². The third-order valence-electron chi connectivity index (χ3n) is 3.54. The average molecular weight is 305 g/mol. The van der Waals surface area contributed by atoms with Crippen LogP contribution in [0.25, 0.3) is 0 Å². The van der Waals surface area contributed by atoms with E-state index in [1.54, 1.807) is 0 Å². The first-order valence-corrected chi connectivity index (χ1v) is 7.09. The summed E-state index contributed by atoms with van der Waals surface area (Å²) in [5.41, 5.74) is 0.145. The molecule has 1 fully saturated rings. The number of pyridine rings is 1. The van der Waals surface area contributed by atoms with Crippen LogP contribution in [0, 0.1) is 5.82 Å². The van der Waals surface area contributed by atoms with Crippen molar-refractivity contribution >= 4 is 5.91 Å². The summed E-state index contributed by atoms with van der Waals surface area (Å²) in [7, 11) is 0. The lowest BCUT2D eigenvalue weighted by molar-refractivity contribution is -0.121. The van der Waals surface area contributed by atoms with Crippen LogP contribution in [0.3, 0.4) is 0 Å². The maximum Gasteiger partial charge on any atom is 0.226 e. The molecule has 1 aliphatic heterocycles. The fourth-order valence-electron chi connectivity index (χ4n) is 2.42. The van der Waals surface area contributed by atoms with Crippen molar-refractivity contribution in [1.29, 1.82) is 0 Å². The molecule has 7 nitrogen and oxygen atoms in total. The Balaban J connectivity index is 1.45. The van der Waals surface area contributed by atoms with Crippen molar-refractivity contribution < 1.29 is 13.9 Å².